The Hall–Kier alpha value is -0.920. The third-order valence-electron chi connectivity index (χ3n) is 5.46. The number of hydrogen-bond donors (Lipinski definition) is 0. The van der Waals surface area contributed by atoms with Crippen molar-refractivity contribution < 1.29 is 8.78 Å². The van der Waals surface area contributed by atoms with E-state index in [2.05, 4.69) is 6.92 Å². The van der Waals surface area contributed by atoms with E-state index in [0.717, 1.165) is 25.2 Å². The lowest BCUT2D eigenvalue weighted by Crippen LogP contribution is -2.15. The lowest BCUT2D eigenvalue weighted by Gasteiger charge is -2.29. The van der Waals surface area contributed by atoms with Gasteiger partial charge in [0.25, 0.3) is 0 Å². The number of halogens is 2. The molecule has 0 aliphatic heterocycles. The van der Waals surface area contributed by atoms with Crippen LogP contribution < -0.4 is 0 Å². The molecule has 0 amide bonds. The van der Waals surface area contributed by atoms with Crippen molar-refractivity contribution in [2.45, 2.75) is 90.4 Å². The van der Waals surface area contributed by atoms with Gasteiger partial charge in [0.2, 0.25) is 0 Å². The third kappa shape index (κ3) is 5.02. The first-order valence-electron chi connectivity index (χ1n) is 9.64. The van der Waals surface area contributed by atoms with E-state index in [-0.39, 0.29) is 5.92 Å². The highest BCUT2D eigenvalue weighted by Gasteiger charge is 2.25. The Balaban J connectivity index is 1.89. The largest absolute Gasteiger partial charge is 0.203 e. The summed E-state index contributed by atoms with van der Waals surface area (Å²) in [4.78, 5) is 0. The van der Waals surface area contributed by atoms with E-state index in [1.54, 1.807) is 6.07 Å². The second kappa shape index (κ2) is 9.39. The number of hydrogen-bond acceptors (Lipinski definition) is 0. The fraction of sp³-hybridized carbons (Fsp3) is 0.714. The summed E-state index contributed by atoms with van der Waals surface area (Å²) < 4.78 is 28.5. The van der Waals surface area contributed by atoms with Gasteiger partial charge in [-0.15, -0.1) is 0 Å². The summed E-state index contributed by atoms with van der Waals surface area (Å²) in [6.07, 6.45) is 12.5. The molecule has 2 heteroatoms. The van der Waals surface area contributed by atoms with Crippen molar-refractivity contribution in [2.24, 2.45) is 5.92 Å². The van der Waals surface area contributed by atoms with Gasteiger partial charge in [0.15, 0.2) is 11.6 Å². The van der Waals surface area contributed by atoms with Gasteiger partial charge in [-0.05, 0) is 55.1 Å². The van der Waals surface area contributed by atoms with Gasteiger partial charge in [-0.1, -0.05) is 64.5 Å². The molecule has 23 heavy (non-hydrogen) atoms. The van der Waals surface area contributed by atoms with E-state index in [0.29, 0.717) is 17.5 Å². The molecule has 0 N–H and O–H groups in total. The Kier molecular flexibility index (Phi) is 7.52. The van der Waals surface area contributed by atoms with Gasteiger partial charge >= 0.3 is 0 Å². The van der Waals surface area contributed by atoms with E-state index in [4.69, 9.17) is 0 Å². The second-order valence-electron chi connectivity index (χ2n) is 7.26. The molecule has 0 radical (unpaired) electrons. The normalized spacial score (nSPS) is 21.6. The Labute approximate surface area is 140 Å². The highest BCUT2D eigenvalue weighted by Crippen LogP contribution is 2.39. The first-order valence-corrected chi connectivity index (χ1v) is 9.64. The predicted molar refractivity (Wildman–Crippen MR) is 93.8 cm³/mol. The summed E-state index contributed by atoms with van der Waals surface area (Å²) in [7, 11) is 0. The van der Waals surface area contributed by atoms with Crippen molar-refractivity contribution in [3.8, 4) is 0 Å². The molecule has 0 spiro atoms. The zero-order valence-electron chi connectivity index (χ0n) is 14.8. The lowest BCUT2D eigenvalue weighted by molar-refractivity contribution is 0.297. The first kappa shape index (κ1) is 18.4. The van der Waals surface area contributed by atoms with Crippen LogP contribution in [-0.4, -0.2) is 0 Å². The molecule has 0 heterocycles. The fourth-order valence-corrected chi connectivity index (χ4v) is 4.00. The van der Waals surface area contributed by atoms with Crippen LogP contribution in [0.2, 0.25) is 0 Å². The van der Waals surface area contributed by atoms with Gasteiger partial charge in [0, 0.05) is 0 Å². The molecule has 1 saturated carbocycles. The Morgan fingerprint density at radius 3 is 2.26 bits per heavy atom. The van der Waals surface area contributed by atoms with Crippen molar-refractivity contribution in [1.29, 1.82) is 0 Å². The maximum atomic E-state index is 14.4. The number of unbranched alkanes of at least 4 members (excludes halogenated alkanes) is 3. The Bertz CT molecular complexity index is 473. The molecular weight excluding hydrogens is 290 g/mol. The zero-order valence-corrected chi connectivity index (χ0v) is 14.8. The summed E-state index contributed by atoms with van der Waals surface area (Å²) in [5.74, 6) is -0.171. The molecule has 1 aromatic carbocycles. The average molecular weight is 322 g/mol. The SMILES string of the molecule is CCCCCC[C@H]1CC[C@H](c2ccc(CCC)c(F)c2F)CC1. The van der Waals surface area contributed by atoms with E-state index in [9.17, 15) is 8.78 Å². The molecule has 1 aliphatic carbocycles. The fourth-order valence-electron chi connectivity index (χ4n) is 4.00. The molecular formula is C21H32F2. The molecule has 0 saturated heterocycles. The van der Waals surface area contributed by atoms with Crippen molar-refractivity contribution >= 4 is 0 Å². The van der Waals surface area contributed by atoms with Gasteiger partial charge < -0.3 is 0 Å². The molecule has 130 valence electrons. The summed E-state index contributed by atoms with van der Waals surface area (Å²) in [6.45, 7) is 4.23. The van der Waals surface area contributed by atoms with Gasteiger partial charge in [-0.2, -0.15) is 0 Å². The molecule has 1 fully saturated rings. The van der Waals surface area contributed by atoms with Crippen molar-refractivity contribution in [3.05, 3.63) is 34.9 Å². The molecule has 2 rings (SSSR count). The lowest BCUT2D eigenvalue weighted by atomic mass is 9.76. The molecule has 1 aliphatic rings. The average Bonchev–Trinajstić information content (AvgIpc) is 2.57. The molecule has 0 unspecified atom stereocenters. The van der Waals surface area contributed by atoms with Crippen LogP contribution in [0, 0.1) is 17.6 Å². The molecule has 1 aromatic rings. The molecule has 0 atom stereocenters. The Morgan fingerprint density at radius 1 is 0.870 bits per heavy atom. The van der Waals surface area contributed by atoms with Gasteiger partial charge in [0.1, 0.15) is 0 Å². The minimum Gasteiger partial charge on any atom is -0.203 e. The number of rotatable bonds is 8. The maximum absolute atomic E-state index is 14.4. The highest BCUT2D eigenvalue weighted by atomic mass is 19.2. The number of aryl methyl sites for hydroxylation is 1. The number of benzene rings is 1. The minimum absolute atomic E-state index is 0.215. The van der Waals surface area contributed by atoms with Gasteiger partial charge in [0.05, 0.1) is 0 Å². The van der Waals surface area contributed by atoms with Crippen LogP contribution in [0.5, 0.6) is 0 Å². The summed E-state index contributed by atoms with van der Waals surface area (Å²) >= 11 is 0. The molecule has 0 bridgehead atoms. The van der Waals surface area contributed by atoms with E-state index in [1.807, 2.05) is 13.0 Å². The van der Waals surface area contributed by atoms with E-state index in [1.165, 1.54) is 44.9 Å². The monoisotopic (exact) mass is 322 g/mol. The van der Waals surface area contributed by atoms with Gasteiger partial charge in [-0.3, -0.25) is 0 Å². The summed E-state index contributed by atoms with van der Waals surface area (Å²) in [6, 6.07) is 3.64. The van der Waals surface area contributed by atoms with Crippen molar-refractivity contribution in [2.75, 3.05) is 0 Å². The standard InChI is InChI=1S/C21H32F2/c1-3-5-6-7-9-16-10-12-17(13-11-16)19-15-14-18(8-4-2)20(22)21(19)23/h14-17H,3-13H2,1-2H3/t16-,17-. The van der Waals surface area contributed by atoms with Crippen LogP contribution in [0.25, 0.3) is 0 Å². The smallest absolute Gasteiger partial charge is 0.162 e. The summed E-state index contributed by atoms with van der Waals surface area (Å²) in [5.41, 5.74) is 1.14. The van der Waals surface area contributed by atoms with Crippen LogP contribution in [0.4, 0.5) is 8.78 Å². The van der Waals surface area contributed by atoms with Crippen molar-refractivity contribution in [3.63, 3.8) is 0 Å². The van der Waals surface area contributed by atoms with Crippen LogP contribution in [0.15, 0.2) is 12.1 Å². The van der Waals surface area contributed by atoms with E-state index < -0.39 is 11.6 Å². The van der Waals surface area contributed by atoms with Crippen molar-refractivity contribution in [1.82, 2.24) is 0 Å². The first-order chi connectivity index (χ1) is 11.2. The van der Waals surface area contributed by atoms with Crippen LogP contribution in [0.1, 0.15) is 95.1 Å². The topological polar surface area (TPSA) is 0 Å². The zero-order chi connectivity index (χ0) is 16.7. The van der Waals surface area contributed by atoms with Crippen LogP contribution in [-0.2, 0) is 6.42 Å². The molecule has 0 nitrogen and oxygen atoms in total. The van der Waals surface area contributed by atoms with Gasteiger partial charge in [-0.25, -0.2) is 8.78 Å². The second-order valence-corrected chi connectivity index (χ2v) is 7.26. The highest BCUT2D eigenvalue weighted by molar-refractivity contribution is 5.29. The van der Waals surface area contributed by atoms with Crippen LogP contribution in [0.3, 0.4) is 0 Å². The third-order valence-corrected chi connectivity index (χ3v) is 5.46. The predicted octanol–water partition coefficient (Wildman–Crippen LogP) is 7.16. The van der Waals surface area contributed by atoms with Crippen LogP contribution >= 0.6 is 0 Å². The Morgan fingerprint density at radius 2 is 1.61 bits per heavy atom. The summed E-state index contributed by atoms with van der Waals surface area (Å²) in [5, 5.41) is 0. The molecule has 0 aromatic heterocycles. The van der Waals surface area contributed by atoms with E-state index >= 15 is 0 Å². The minimum atomic E-state index is -0.606. The maximum Gasteiger partial charge on any atom is 0.162 e. The quantitative estimate of drug-likeness (QED) is 0.445.